The van der Waals surface area contributed by atoms with Crippen LogP contribution in [0.2, 0.25) is 0 Å². The number of likely N-dealkylation sites (N-methyl/N-ethyl adjacent to an activating group) is 1. The summed E-state index contributed by atoms with van der Waals surface area (Å²) >= 11 is 0. The van der Waals surface area contributed by atoms with Crippen molar-refractivity contribution in [2.24, 2.45) is 11.8 Å². The number of ether oxygens (including phenoxy) is 5. The van der Waals surface area contributed by atoms with Crippen molar-refractivity contribution in [2.75, 3.05) is 28.3 Å². The van der Waals surface area contributed by atoms with Gasteiger partial charge in [-0.05, 0) is 54.6 Å². The van der Waals surface area contributed by atoms with Gasteiger partial charge >= 0.3 is 0 Å². The molecule has 253 valence electrons. The molecule has 11 nitrogen and oxygen atoms in total. The first kappa shape index (κ1) is 41.5. The number of esters is 1. The van der Waals surface area contributed by atoms with Crippen LogP contribution in [0.1, 0.15) is 74.7 Å². The Balaban J connectivity index is 0.00000968. The summed E-state index contributed by atoms with van der Waals surface area (Å²) in [6.45, 7) is 11.4. The number of alkyl halides is 1. The largest absolute Gasteiger partial charge is 0.481 e. The van der Waals surface area contributed by atoms with Crippen LogP contribution < -0.4 is 0 Å². The number of ketones is 2. The van der Waals surface area contributed by atoms with Crippen LogP contribution in [0.4, 0.5) is 4.39 Å². The normalized spacial score (nSPS) is 43.3. The van der Waals surface area contributed by atoms with Crippen LogP contribution in [0, 0.1) is 17.8 Å². The van der Waals surface area contributed by atoms with E-state index in [4.69, 9.17) is 23.7 Å². The molecular formula is C31H53FNO10Y-. The molecule has 2 aliphatic rings. The van der Waals surface area contributed by atoms with Crippen molar-refractivity contribution in [2.45, 2.75) is 134 Å². The molecule has 1 unspecified atom stereocenters. The SMILES string of the molecule is CC[C@H]1OC(=O)[C-](C)C(=O)[C@H](C)[C@@H](O[C@@H]2O[C@H](C)C[C@H](N(C)C)[C@H]2OC)[C@](C)(OC)CC(C)(F)C(=O)[C@H](C)[C@@H](O)[C@]1(C)O.[Y]. The Kier molecular flexibility index (Phi) is 15.1. The monoisotopic (exact) mass is 707 g/mol. The Morgan fingerprint density at radius 1 is 1.09 bits per heavy atom. The molecule has 44 heavy (non-hydrogen) atoms. The van der Waals surface area contributed by atoms with Gasteiger partial charge in [0.1, 0.15) is 17.8 Å². The van der Waals surface area contributed by atoms with Gasteiger partial charge in [-0.1, -0.05) is 20.8 Å². The molecule has 0 amide bonds. The Morgan fingerprint density at radius 2 is 1.66 bits per heavy atom. The molecule has 2 heterocycles. The fraction of sp³-hybridized carbons (Fsp3) is 0.871. The number of nitrogens with zero attached hydrogens (tertiary/aromatic N) is 1. The number of rotatable bonds is 6. The number of Topliss-reactive ketones (excluding diaryl/α,β-unsaturated/α-hetero) is 2. The van der Waals surface area contributed by atoms with E-state index in [0.717, 1.165) is 6.92 Å². The van der Waals surface area contributed by atoms with Gasteiger partial charge in [0.2, 0.25) is 0 Å². The minimum atomic E-state index is -2.60. The van der Waals surface area contributed by atoms with E-state index in [0.29, 0.717) is 6.42 Å². The predicted molar refractivity (Wildman–Crippen MR) is 156 cm³/mol. The standard InChI is InChI=1S/C31H53FNO10.Y/c1-13-21-31(8,38)25(36)19(5)24(35)29(6,32)15-30(7,40-12)26(17(3)22(34)18(4)27(37)42-21)43-28-23(39-11)20(33(9)10)14-16(2)41-28;/h16-17,19-21,23,25-26,28,36,38H,13-15H2,1-12H3;/q-1;/t16-,17+,19+,20+,21-,23-,25-,26-,28+,29?,30-,31-;/m1./s1. The smallest absolute Gasteiger partial charge is 0.186 e. The fourth-order valence-electron chi connectivity index (χ4n) is 6.60. The van der Waals surface area contributed by atoms with E-state index in [1.807, 2.05) is 25.9 Å². The molecule has 2 aliphatic heterocycles. The van der Waals surface area contributed by atoms with Gasteiger partial charge in [-0.15, -0.1) is 0 Å². The first-order valence-corrected chi connectivity index (χ1v) is 15.0. The van der Waals surface area contributed by atoms with E-state index in [2.05, 4.69) is 0 Å². The van der Waals surface area contributed by atoms with Gasteiger partial charge in [0.25, 0.3) is 0 Å². The summed E-state index contributed by atoms with van der Waals surface area (Å²) in [7, 11) is 6.64. The third-order valence-electron chi connectivity index (χ3n) is 9.37. The Bertz CT molecular complexity index is 997. The zero-order valence-electron chi connectivity index (χ0n) is 28.4. The van der Waals surface area contributed by atoms with E-state index in [1.165, 1.54) is 48.8 Å². The van der Waals surface area contributed by atoms with Gasteiger partial charge < -0.3 is 43.6 Å². The average molecular weight is 708 g/mol. The van der Waals surface area contributed by atoms with Crippen LogP contribution in [0.25, 0.3) is 0 Å². The molecule has 0 aromatic heterocycles. The number of hydrogen-bond donors (Lipinski definition) is 2. The maximum absolute atomic E-state index is 16.5. The van der Waals surface area contributed by atoms with Gasteiger partial charge in [0.15, 0.2) is 23.7 Å². The first-order chi connectivity index (χ1) is 19.7. The van der Waals surface area contributed by atoms with Crippen molar-refractivity contribution in [1.82, 2.24) is 4.90 Å². The molecule has 2 saturated heterocycles. The Labute approximate surface area is 287 Å². The summed E-state index contributed by atoms with van der Waals surface area (Å²) < 4.78 is 46.4. The Morgan fingerprint density at radius 3 is 2.14 bits per heavy atom. The van der Waals surface area contributed by atoms with Crippen LogP contribution in [0.3, 0.4) is 0 Å². The molecular weight excluding hydrogens is 654 g/mol. The van der Waals surface area contributed by atoms with Crippen LogP contribution in [0.5, 0.6) is 0 Å². The van der Waals surface area contributed by atoms with E-state index in [1.54, 1.807) is 6.92 Å². The maximum atomic E-state index is 16.5. The van der Waals surface area contributed by atoms with Crippen LogP contribution in [0.15, 0.2) is 0 Å². The summed E-state index contributed by atoms with van der Waals surface area (Å²) in [5, 5.41) is 22.3. The zero-order valence-corrected chi connectivity index (χ0v) is 31.2. The van der Waals surface area contributed by atoms with Gasteiger partial charge in [0.05, 0.1) is 23.9 Å². The Hall–Kier alpha value is -0.566. The topological polar surface area (TPSA) is 141 Å². The predicted octanol–water partition coefficient (Wildman–Crippen LogP) is 2.42. The van der Waals surface area contributed by atoms with Crippen molar-refractivity contribution in [1.29, 1.82) is 0 Å². The summed E-state index contributed by atoms with van der Waals surface area (Å²) in [5.74, 6) is -5.43. The molecule has 1 radical (unpaired) electrons. The van der Waals surface area contributed by atoms with Crippen molar-refractivity contribution < 1.29 is 85.4 Å². The molecule has 0 saturated carbocycles. The minimum Gasteiger partial charge on any atom is -0.481 e. The van der Waals surface area contributed by atoms with Crippen molar-refractivity contribution in [3.05, 3.63) is 5.92 Å². The van der Waals surface area contributed by atoms with Crippen molar-refractivity contribution >= 4 is 17.5 Å². The van der Waals surface area contributed by atoms with Crippen molar-refractivity contribution in [3.63, 3.8) is 0 Å². The second kappa shape index (κ2) is 16.0. The first-order valence-electron chi connectivity index (χ1n) is 15.0. The molecule has 0 aromatic rings. The van der Waals surface area contributed by atoms with E-state index >= 15 is 4.39 Å². The maximum Gasteiger partial charge on any atom is 0.186 e. The molecule has 13 heteroatoms. The molecule has 0 aliphatic carbocycles. The molecule has 0 bridgehead atoms. The second-order valence-electron chi connectivity index (χ2n) is 13.1. The molecule has 2 N–H and O–H groups in total. The van der Waals surface area contributed by atoms with Crippen molar-refractivity contribution in [3.8, 4) is 0 Å². The summed E-state index contributed by atoms with van der Waals surface area (Å²) in [4.78, 5) is 42.6. The summed E-state index contributed by atoms with van der Waals surface area (Å²) in [6.07, 6.45) is -6.07. The molecule has 2 rings (SSSR count). The molecule has 12 atom stereocenters. The number of aliphatic hydroxyl groups excluding tert-OH is 1. The second-order valence-corrected chi connectivity index (χ2v) is 13.1. The summed E-state index contributed by atoms with van der Waals surface area (Å²) in [5.41, 5.74) is -6.35. The number of methoxy groups -OCH3 is 2. The number of cyclic esters (lactones) is 1. The van der Waals surface area contributed by atoms with E-state index in [-0.39, 0.29) is 57.2 Å². The zero-order chi connectivity index (χ0) is 33.2. The molecule has 0 aromatic carbocycles. The van der Waals surface area contributed by atoms with Crippen LogP contribution >= 0.6 is 0 Å². The number of carbonyl (C=O) groups is 3. The fourth-order valence-corrected chi connectivity index (χ4v) is 6.60. The van der Waals surface area contributed by atoms with E-state index < -0.39 is 83.4 Å². The van der Waals surface area contributed by atoms with Gasteiger partial charge in [-0.25, -0.2) is 10.3 Å². The number of halogens is 1. The minimum absolute atomic E-state index is 0. The van der Waals surface area contributed by atoms with Gasteiger partial charge in [0, 0.05) is 77.0 Å². The third kappa shape index (κ3) is 8.66. The van der Waals surface area contributed by atoms with Gasteiger partial charge in [-0.2, -0.15) is 6.92 Å². The van der Waals surface area contributed by atoms with E-state index in [9.17, 15) is 24.6 Å². The van der Waals surface area contributed by atoms with Crippen LogP contribution in [-0.4, -0.2) is 121 Å². The average Bonchev–Trinajstić information content (AvgIpc) is 2.94. The number of carbonyl (C=O) groups excluding carboxylic acids is 3. The molecule has 0 spiro atoms. The molecule has 2 fully saturated rings. The third-order valence-corrected chi connectivity index (χ3v) is 9.37. The van der Waals surface area contributed by atoms with Crippen LogP contribution in [-0.2, 0) is 70.8 Å². The summed E-state index contributed by atoms with van der Waals surface area (Å²) in [6, 6.07) is -0.116. The number of hydrogen-bond acceptors (Lipinski definition) is 11. The number of aliphatic hydroxyl groups is 2. The quantitative estimate of drug-likeness (QED) is 0.311. The van der Waals surface area contributed by atoms with Gasteiger partial charge in [-0.3, -0.25) is 9.59 Å².